The van der Waals surface area contributed by atoms with Gasteiger partial charge >= 0.3 is 0 Å². The van der Waals surface area contributed by atoms with Gasteiger partial charge in [-0.3, -0.25) is 0 Å². The van der Waals surface area contributed by atoms with Crippen molar-refractivity contribution in [3.05, 3.63) is 152 Å². The van der Waals surface area contributed by atoms with Crippen molar-refractivity contribution in [2.75, 3.05) is 0 Å². The van der Waals surface area contributed by atoms with Crippen LogP contribution < -0.4 is 0 Å². The molecule has 44 heavy (non-hydrogen) atoms. The van der Waals surface area contributed by atoms with Gasteiger partial charge in [0.1, 0.15) is 11.2 Å². The number of nitrogens with zero attached hydrogens (tertiary/aromatic N) is 1. The van der Waals surface area contributed by atoms with Crippen LogP contribution >= 0.6 is 0 Å². The fraction of sp³-hybridized carbons (Fsp3) is 0. The molecule has 0 saturated carbocycles. The molecule has 0 spiro atoms. The predicted octanol–water partition coefficient (Wildman–Crippen LogP) is 11.8. The zero-order valence-corrected chi connectivity index (χ0v) is 23.8. The summed E-state index contributed by atoms with van der Waals surface area (Å²) in [6.45, 7) is 0. The summed E-state index contributed by atoms with van der Waals surface area (Å²) in [5.74, 6) is 0. The molecule has 8 aromatic carbocycles. The molecule has 2 heterocycles. The Hall–Kier alpha value is -5.86. The smallest absolute Gasteiger partial charge is 0.145 e. The number of hydrogen-bond acceptors (Lipinski definition) is 1. The number of para-hydroxylation sites is 2. The van der Waals surface area contributed by atoms with Crippen LogP contribution in [0.4, 0.5) is 0 Å². The fourth-order valence-corrected chi connectivity index (χ4v) is 7.40. The van der Waals surface area contributed by atoms with E-state index in [-0.39, 0.29) is 0 Å². The van der Waals surface area contributed by atoms with E-state index in [0.29, 0.717) is 0 Å². The highest BCUT2D eigenvalue weighted by atomic mass is 16.3. The molecule has 0 aliphatic heterocycles. The maximum atomic E-state index is 6.48. The van der Waals surface area contributed by atoms with Crippen LogP contribution in [0, 0.1) is 0 Å². The summed E-state index contributed by atoms with van der Waals surface area (Å²) in [7, 11) is 0. The molecule has 204 valence electrons. The number of aromatic nitrogens is 1. The quantitative estimate of drug-likeness (QED) is 0.193. The third-order valence-electron chi connectivity index (χ3n) is 9.38. The molecular weight excluding hydrogens is 534 g/mol. The van der Waals surface area contributed by atoms with E-state index in [0.717, 1.165) is 38.5 Å². The van der Waals surface area contributed by atoms with Crippen LogP contribution in [0.5, 0.6) is 0 Å². The van der Waals surface area contributed by atoms with E-state index in [1.165, 1.54) is 54.3 Å². The Balaban J connectivity index is 1.16. The lowest BCUT2D eigenvalue weighted by atomic mass is 9.92. The van der Waals surface area contributed by atoms with Gasteiger partial charge in [-0.15, -0.1) is 0 Å². The molecule has 0 radical (unpaired) electrons. The van der Waals surface area contributed by atoms with Gasteiger partial charge in [0.25, 0.3) is 0 Å². The zero-order chi connectivity index (χ0) is 28.8. The Kier molecular flexibility index (Phi) is 4.75. The molecule has 0 saturated heterocycles. The van der Waals surface area contributed by atoms with Gasteiger partial charge in [0.15, 0.2) is 0 Å². The average molecular weight is 560 g/mol. The zero-order valence-electron chi connectivity index (χ0n) is 23.8. The molecule has 0 unspecified atom stereocenters. The maximum absolute atomic E-state index is 6.48. The summed E-state index contributed by atoms with van der Waals surface area (Å²) >= 11 is 0. The standard InChI is InChI=1S/C42H25NO/c1-2-11-31-29(9-1)30-10-3-4-12-32(30)37-25-27(19-22-33(31)37)26-17-20-28(21-18-26)43-38-15-7-5-14-36(38)41-39(43)24-23-35-34-13-6-8-16-40(34)44-42(35)41/h1-25H. The minimum Gasteiger partial charge on any atom is -0.455 e. The molecule has 2 nitrogen and oxygen atoms in total. The minimum atomic E-state index is 0.923. The van der Waals surface area contributed by atoms with Gasteiger partial charge in [-0.2, -0.15) is 0 Å². The van der Waals surface area contributed by atoms with Crippen molar-refractivity contribution < 1.29 is 4.42 Å². The first-order valence-corrected chi connectivity index (χ1v) is 15.1. The summed E-state index contributed by atoms with van der Waals surface area (Å²) in [4.78, 5) is 0. The van der Waals surface area contributed by atoms with E-state index in [4.69, 9.17) is 4.42 Å². The molecule has 0 bridgehead atoms. The Labute approximate surface area is 253 Å². The van der Waals surface area contributed by atoms with Crippen molar-refractivity contribution in [2.45, 2.75) is 0 Å². The monoisotopic (exact) mass is 559 g/mol. The molecule has 2 aromatic heterocycles. The number of rotatable bonds is 2. The second kappa shape index (κ2) is 8.82. The molecular formula is C42H25NO. The lowest BCUT2D eigenvalue weighted by molar-refractivity contribution is 0.673. The van der Waals surface area contributed by atoms with Crippen LogP contribution in [0.1, 0.15) is 0 Å². The van der Waals surface area contributed by atoms with Crippen LogP contribution in [0.3, 0.4) is 0 Å². The topological polar surface area (TPSA) is 18.1 Å². The maximum Gasteiger partial charge on any atom is 0.145 e. The second-order valence-electron chi connectivity index (χ2n) is 11.7. The summed E-state index contributed by atoms with van der Waals surface area (Å²) in [6, 6.07) is 54.8. The Morgan fingerprint density at radius 3 is 1.64 bits per heavy atom. The largest absolute Gasteiger partial charge is 0.455 e. The van der Waals surface area contributed by atoms with Gasteiger partial charge in [0.2, 0.25) is 0 Å². The minimum absolute atomic E-state index is 0.923. The van der Waals surface area contributed by atoms with Crippen LogP contribution in [0.15, 0.2) is 156 Å². The van der Waals surface area contributed by atoms with E-state index in [1.54, 1.807) is 0 Å². The van der Waals surface area contributed by atoms with Gasteiger partial charge < -0.3 is 8.98 Å². The van der Waals surface area contributed by atoms with Crippen LogP contribution in [0.2, 0.25) is 0 Å². The first-order valence-electron chi connectivity index (χ1n) is 15.1. The van der Waals surface area contributed by atoms with Crippen molar-refractivity contribution >= 4 is 76.1 Å². The lowest BCUT2D eigenvalue weighted by Gasteiger charge is -2.13. The normalized spacial score (nSPS) is 12.1. The van der Waals surface area contributed by atoms with Crippen molar-refractivity contribution in [2.24, 2.45) is 0 Å². The summed E-state index contributed by atoms with van der Waals surface area (Å²) < 4.78 is 8.84. The van der Waals surface area contributed by atoms with Crippen molar-refractivity contribution in [3.63, 3.8) is 0 Å². The highest BCUT2D eigenvalue weighted by Gasteiger charge is 2.18. The van der Waals surface area contributed by atoms with Crippen LogP contribution in [-0.4, -0.2) is 4.57 Å². The number of furan rings is 1. The van der Waals surface area contributed by atoms with E-state index in [2.05, 4.69) is 150 Å². The van der Waals surface area contributed by atoms with Crippen LogP contribution in [-0.2, 0) is 0 Å². The third kappa shape index (κ3) is 3.20. The number of fused-ring (bicyclic) bond motifs is 13. The van der Waals surface area contributed by atoms with Crippen LogP contribution in [0.25, 0.3) is 92.9 Å². The molecule has 0 aliphatic rings. The highest BCUT2D eigenvalue weighted by Crippen LogP contribution is 2.41. The van der Waals surface area contributed by atoms with Gasteiger partial charge in [0, 0.05) is 21.8 Å². The predicted molar refractivity (Wildman–Crippen MR) is 186 cm³/mol. The van der Waals surface area contributed by atoms with Crippen molar-refractivity contribution in [1.82, 2.24) is 4.57 Å². The fourth-order valence-electron chi connectivity index (χ4n) is 7.40. The van der Waals surface area contributed by atoms with Gasteiger partial charge in [-0.25, -0.2) is 0 Å². The molecule has 0 atom stereocenters. The Bertz CT molecular complexity index is 2720. The van der Waals surface area contributed by atoms with Crippen molar-refractivity contribution in [1.29, 1.82) is 0 Å². The summed E-state index contributed by atoms with van der Waals surface area (Å²) in [5, 5.41) is 12.4. The van der Waals surface area contributed by atoms with E-state index >= 15 is 0 Å². The van der Waals surface area contributed by atoms with Gasteiger partial charge in [-0.05, 0) is 85.9 Å². The first-order chi connectivity index (χ1) is 21.8. The molecule has 10 aromatic rings. The Morgan fingerprint density at radius 2 is 0.909 bits per heavy atom. The number of benzene rings is 8. The second-order valence-corrected chi connectivity index (χ2v) is 11.7. The van der Waals surface area contributed by atoms with E-state index in [9.17, 15) is 0 Å². The lowest BCUT2D eigenvalue weighted by Crippen LogP contribution is -1.93. The average Bonchev–Trinajstić information content (AvgIpc) is 3.64. The molecule has 0 N–H and O–H groups in total. The van der Waals surface area contributed by atoms with E-state index < -0.39 is 0 Å². The molecule has 2 heteroatoms. The van der Waals surface area contributed by atoms with Crippen molar-refractivity contribution in [3.8, 4) is 16.8 Å². The van der Waals surface area contributed by atoms with E-state index in [1.807, 2.05) is 6.07 Å². The molecule has 0 fully saturated rings. The molecule has 10 rings (SSSR count). The van der Waals surface area contributed by atoms with Gasteiger partial charge in [0.05, 0.1) is 16.4 Å². The Morgan fingerprint density at radius 1 is 0.364 bits per heavy atom. The molecule has 0 amide bonds. The first kappa shape index (κ1) is 23.7. The number of hydrogen-bond donors (Lipinski definition) is 0. The summed E-state index contributed by atoms with van der Waals surface area (Å²) in [5.41, 5.74) is 7.75. The SMILES string of the molecule is c1ccc2c(c1)oc1c2ccc2c1c1ccccc1n2-c1ccc(-c2ccc3c4ccccc4c4ccccc4c3c2)cc1. The highest BCUT2D eigenvalue weighted by molar-refractivity contribution is 6.26. The summed E-state index contributed by atoms with van der Waals surface area (Å²) in [6.07, 6.45) is 0. The van der Waals surface area contributed by atoms with Gasteiger partial charge in [-0.1, -0.05) is 109 Å². The molecule has 0 aliphatic carbocycles. The third-order valence-corrected chi connectivity index (χ3v) is 9.38.